The van der Waals surface area contributed by atoms with Crippen LogP contribution in [0.15, 0.2) is 0 Å². The van der Waals surface area contributed by atoms with Gasteiger partial charge in [0.15, 0.2) is 5.79 Å². The van der Waals surface area contributed by atoms with Gasteiger partial charge in [0.05, 0.1) is 12.6 Å². The third-order valence-electron chi connectivity index (χ3n) is 3.04. The summed E-state index contributed by atoms with van der Waals surface area (Å²) >= 11 is 0. The van der Waals surface area contributed by atoms with Crippen molar-refractivity contribution in [2.45, 2.75) is 43.0 Å². The molecule has 6 N–H and O–H groups in total. The summed E-state index contributed by atoms with van der Waals surface area (Å²) < 4.78 is 10.0. The molecule has 0 aromatic heterocycles. The van der Waals surface area contributed by atoms with E-state index >= 15 is 0 Å². The van der Waals surface area contributed by atoms with E-state index in [-0.39, 0.29) is 6.42 Å². The SMILES string of the molecule is COCCCC1(O)O[C@H](CO)[C@@H](O)[C@H](O)[C@H]1N. The Bertz CT molecular complexity index is 239. The van der Waals surface area contributed by atoms with E-state index in [1.165, 1.54) is 7.11 Å². The van der Waals surface area contributed by atoms with Crippen molar-refractivity contribution in [3.63, 3.8) is 0 Å². The van der Waals surface area contributed by atoms with Crippen molar-refractivity contribution in [2.75, 3.05) is 20.3 Å². The van der Waals surface area contributed by atoms with Crippen molar-refractivity contribution < 1.29 is 29.9 Å². The molecular weight excluding hydrogens is 230 g/mol. The van der Waals surface area contributed by atoms with Crippen LogP contribution in [0, 0.1) is 0 Å². The van der Waals surface area contributed by atoms with E-state index in [1.54, 1.807) is 0 Å². The van der Waals surface area contributed by atoms with Crippen LogP contribution in [-0.2, 0) is 9.47 Å². The van der Waals surface area contributed by atoms with Crippen molar-refractivity contribution in [1.29, 1.82) is 0 Å². The largest absolute Gasteiger partial charge is 0.394 e. The molecule has 1 aliphatic rings. The van der Waals surface area contributed by atoms with Crippen molar-refractivity contribution in [3.05, 3.63) is 0 Å². The number of hydrogen-bond donors (Lipinski definition) is 5. The smallest absolute Gasteiger partial charge is 0.184 e. The molecule has 1 fully saturated rings. The van der Waals surface area contributed by atoms with Gasteiger partial charge in [0, 0.05) is 20.1 Å². The van der Waals surface area contributed by atoms with Gasteiger partial charge in [-0.05, 0) is 6.42 Å². The van der Waals surface area contributed by atoms with E-state index in [9.17, 15) is 15.3 Å². The Morgan fingerprint density at radius 2 is 2.00 bits per heavy atom. The van der Waals surface area contributed by atoms with Gasteiger partial charge in [0.1, 0.15) is 18.3 Å². The van der Waals surface area contributed by atoms with Crippen LogP contribution in [0.4, 0.5) is 0 Å². The first-order valence-electron chi connectivity index (χ1n) is 5.58. The van der Waals surface area contributed by atoms with E-state index < -0.39 is 36.7 Å². The van der Waals surface area contributed by atoms with Gasteiger partial charge in [-0.25, -0.2) is 0 Å². The molecule has 102 valence electrons. The molecule has 0 bridgehead atoms. The maximum absolute atomic E-state index is 10.2. The molecule has 0 aliphatic carbocycles. The first-order chi connectivity index (χ1) is 7.96. The summed E-state index contributed by atoms with van der Waals surface area (Å²) in [7, 11) is 1.53. The minimum absolute atomic E-state index is 0.155. The summed E-state index contributed by atoms with van der Waals surface area (Å²) in [6.07, 6.45) is -3.05. The molecule has 0 radical (unpaired) electrons. The monoisotopic (exact) mass is 251 g/mol. The van der Waals surface area contributed by atoms with E-state index in [2.05, 4.69) is 0 Å². The molecule has 0 spiro atoms. The van der Waals surface area contributed by atoms with Crippen LogP contribution in [0.1, 0.15) is 12.8 Å². The van der Waals surface area contributed by atoms with Crippen LogP contribution in [0.2, 0.25) is 0 Å². The maximum Gasteiger partial charge on any atom is 0.184 e. The lowest BCUT2D eigenvalue weighted by molar-refractivity contribution is -0.317. The minimum Gasteiger partial charge on any atom is -0.394 e. The summed E-state index contributed by atoms with van der Waals surface area (Å²) in [6, 6.07) is -1.13. The highest BCUT2D eigenvalue weighted by Crippen LogP contribution is 2.30. The second kappa shape index (κ2) is 6.05. The number of methoxy groups -OCH3 is 1. The molecule has 0 aromatic rings. The highest BCUT2D eigenvalue weighted by Gasteiger charge is 2.50. The second-order valence-corrected chi connectivity index (χ2v) is 4.29. The van der Waals surface area contributed by atoms with E-state index in [0.29, 0.717) is 13.0 Å². The summed E-state index contributed by atoms with van der Waals surface area (Å²) in [5.74, 6) is -1.76. The van der Waals surface area contributed by atoms with Gasteiger partial charge in [0.25, 0.3) is 0 Å². The molecule has 1 saturated heterocycles. The van der Waals surface area contributed by atoms with Gasteiger partial charge >= 0.3 is 0 Å². The van der Waals surface area contributed by atoms with Crippen LogP contribution in [0.5, 0.6) is 0 Å². The molecule has 1 rings (SSSR count). The summed E-state index contributed by atoms with van der Waals surface area (Å²) in [5.41, 5.74) is 5.64. The molecule has 7 nitrogen and oxygen atoms in total. The van der Waals surface area contributed by atoms with Crippen molar-refractivity contribution >= 4 is 0 Å². The van der Waals surface area contributed by atoms with Gasteiger partial charge in [-0.3, -0.25) is 0 Å². The topological polar surface area (TPSA) is 125 Å². The minimum atomic E-state index is -1.76. The van der Waals surface area contributed by atoms with Crippen molar-refractivity contribution in [3.8, 4) is 0 Å². The normalized spacial score (nSPS) is 42.7. The van der Waals surface area contributed by atoms with Crippen LogP contribution in [0.25, 0.3) is 0 Å². The van der Waals surface area contributed by atoms with Crippen molar-refractivity contribution in [2.24, 2.45) is 5.73 Å². The fraction of sp³-hybridized carbons (Fsp3) is 1.00. The Balaban J connectivity index is 2.69. The molecule has 0 amide bonds. The van der Waals surface area contributed by atoms with Gasteiger partial charge in [-0.2, -0.15) is 0 Å². The standard InChI is InChI=1S/C10H21NO6/c1-16-4-2-3-10(15)9(11)8(14)7(13)6(5-12)17-10/h6-9,12-15H,2-5,11H2,1H3/t6-,7-,8+,9-,10?/m1/s1. The summed E-state index contributed by atoms with van der Waals surface area (Å²) in [6.45, 7) is -0.0850. The molecule has 1 aliphatic heterocycles. The average molecular weight is 251 g/mol. The predicted molar refractivity (Wildman–Crippen MR) is 58.0 cm³/mol. The Hall–Kier alpha value is -0.280. The quantitative estimate of drug-likeness (QED) is 0.343. The second-order valence-electron chi connectivity index (χ2n) is 4.29. The fourth-order valence-electron chi connectivity index (χ4n) is 1.95. The molecule has 0 saturated carbocycles. The van der Waals surface area contributed by atoms with Crippen LogP contribution >= 0.6 is 0 Å². The molecular formula is C10H21NO6. The van der Waals surface area contributed by atoms with Crippen LogP contribution in [0.3, 0.4) is 0 Å². The summed E-state index contributed by atoms with van der Waals surface area (Å²) in [4.78, 5) is 0. The zero-order valence-corrected chi connectivity index (χ0v) is 9.82. The van der Waals surface area contributed by atoms with E-state index in [0.717, 1.165) is 0 Å². The number of nitrogens with two attached hydrogens (primary N) is 1. The zero-order valence-electron chi connectivity index (χ0n) is 9.82. The molecule has 1 heterocycles. The van der Waals surface area contributed by atoms with Gasteiger partial charge in [-0.1, -0.05) is 0 Å². The Labute approximate surface area is 99.8 Å². The van der Waals surface area contributed by atoms with Gasteiger partial charge in [-0.15, -0.1) is 0 Å². The lowest BCUT2D eigenvalue weighted by atomic mass is 9.88. The number of aliphatic hydroxyl groups is 4. The molecule has 7 heteroatoms. The Morgan fingerprint density at radius 3 is 2.53 bits per heavy atom. The lowest BCUT2D eigenvalue weighted by Crippen LogP contribution is -2.68. The fourth-order valence-corrected chi connectivity index (χ4v) is 1.95. The van der Waals surface area contributed by atoms with Crippen LogP contribution in [-0.4, -0.2) is 70.9 Å². The number of rotatable bonds is 5. The van der Waals surface area contributed by atoms with Crippen molar-refractivity contribution in [1.82, 2.24) is 0 Å². The number of hydrogen-bond acceptors (Lipinski definition) is 7. The summed E-state index contributed by atoms with van der Waals surface area (Å²) in [5, 5.41) is 38.4. The highest BCUT2D eigenvalue weighted by molar-refractivity contribution is 4.98. The first-order valence-corrected chi connectivity index (χ1v) is 5.58. The highest BCUT2D eigenvalue weighted by atomic mass is 16.6. The molecule has 0 aromatic carbocycles. The number of aliphatic hydroxyl groups excluding tert-OH is 3. The molecule has 17 heavy (non-hydrogen) atoms. The first kappa shape index (κ1) is 14.8. The lowest BCUT2D eigenvalue weighted by Gasteiger charge is -2.46. The van der Waals surface area contributed by atoms with Gasteiger partial charge < -0.3 is 35.6 Å². The van der Waals surface area contributed by atoms with E-state index in [1.807, 2.05) is 0 Å². The van der Waals surface area contributed by atoms with Crippen LogP contribution < -0.4 is 5.73 Å². The Morgan fingerprint density at radius 1 is 1.35 bits per heavy atom. The Kier molecular flexibility index (Phi) is 5.26. The maximum atomic E-state index is 10.2. The average Bonchev–Trinajstić information content (AvgIpc) is 2.32. The predicted octanol–water partition coefficient (Wildman–Crippen LogP) is -2.46. The van der Waals surface area contributed by atoms with E-state index in [4.69, 9.17) is 20.3 Å². The third kappa shape index (κ3) is 3.14. The molecule has 5 atom stereocenters. The van der Waals surface area contributed by atoms with Gasteiger partial charge in [0.2, 0.25) is 0 Å². The molecule has 1 unspecified atom stereocenters. The zero-order chi connectivity index (χ0) is 13.1. The number of ether oxygens (including phenoxy) is 2. The third-order valence-corrected chi connectivity index (χ3v) is 3.04.